The van der Waals surface area contributed by atoms with Crippen molar-refractivity contribution in [3.05, 3.63) is 46.5 Å². The van der Waals surface area contributed by atoms with Crippen molar-refractivity contribution in [3.63, 3.8) is 0 Å². The maximum Gasteiger partial charge on any atom is 0.231 e. The number of hydrogen-bond acceptors (Lipinski definition) is 6. The van der Waals surface area contributed by atoms with Crippen molar-refractivity contribution in [2.24, 2.45) is 0 Å². The summed E-state index contributed by atoms with van der Waals surface area (Å²) in [5.74, 6) is 3.68. The van der Waals surface area contributed by atoms with Crippen molar-refractivity contribution < 1.29 is 23.7 Å². The van der Waals surface area contributed by atoms with E-state index in [2.05, 4.69) is 5.32 Å². The third-order valence-electron chi connectivity index (χ3n) is 3.92. The second-order valence-electron chi connectivity index (χ2n) is 5.77. The highest BCUT2D eigenvalue weighted by molar-refractivity contribution is 7.99. The molecule has 4 rings (SSSR count). The van der Waals surface area contributed by atoms with Gasteiger partial charge in [0, 0.05) is 12.3 Å². The minimum atomic E-state index is -0.0282. The molecule has 0 bridgehead atoms. The van der Waals surface area contributed by atoms with Crippen molar-refractivity contribution in [2.45, 2.75) is 12.3 Å². The lowest BCUT2D eigenvalue weighted by Crippen LogP contribution is -2.24. The SMILES string of the molecule is O=C(CSCc1cc(Cl)c2c(c1)OCO2)NCc1ccc2c(c1)OCO2. The van der Waals surface area contributed by atoms with E-state index in [4.69, 9.17) is 30.5 Å². The molecule has 2 heterocycles. The Morgan fingerprint density at radius 2 is 1.77 bits per heavy atom. The van der Waals surface area contributed by atoms with Gasteiger partial charge in [-0.15, -0.1) is 11.8 Å². The molecule has 0 radical (unpaired) electrons. The molecule has 0 aromatic heterocycles. The predicted octanol–water partition coefficient (Wildman–Crippen LogP) is 3.35. The van der Waals surface area contributed by atoms with Gasteiger partial charge in [0.15, 0.2) is 23.0 Å². The van der Waals surface area contributed by atoms with Crippen LogP contribution in [0.3, 0.4) is 0 Å². The van der Waals surface area contributed by atoms with Crippen LogP contribution in [0.4, 0.5) is 0 Å². The maximum absolute atomic E-state index is 12.0. The van der Waals surface area contributed by atoms with Gasteiger partial charge in [-0.3, -0.25) is 4.79 Å². The second kappa shape index (κ2) is 7.55. The third-order valence-corrected chi connectivity index (χ3v) is 5.20. The lowest BCUT2D eigenvalue weighted by Gasteiger charge is -2.07. The smallest absolute Gasteiger partial charge is 0.231 e. The average Bonchev–Trinajstić information content (AvgIpc) is 3.28. The van der Waals surface area contributed by atoms with Gasteiger partial charge in [0.25, 0.3) is 0 Å². The highest BCUT2D eigenvalue weighted by Gasteiger charge is 2.18. The Kier molecular flexibility index (Phi) is 4.99. The minimum Gasteiger partial charge on any atom is -0.454 e. The molecular weight excluding hydrogens is 378 g/mol. The van der Waals surface area contributed by atoms with Crippen LogP contribution in [-0.4, -0.2) is 25.2 Å². The van der Waals surface area contributed by atoms with E-state index in [9.17, 15) is 4.79 Å². The summed E-state index contributed by atoms with van der Waals surface area (Å²) < 4.78 is 21.2. The first-order valence-electron chi connectivity index (χ1n) is 8.00. The number of carbonyl (C=O) groups is 1. The molecule has 0 unspecified atom stereocenters. The van der Waals surface area contributed by atoms with E-state index >= 15 is 0 Å². The van der Waals surface area contributed by atoms with Crippen LogP contribution in [0.2, 0.25) is 5.02 Å². The molecule has 136 valence electrons. The standard InChI is InChI=1S/C18H16ClNO5S/c19-13-3-12(5-16-18(13)25-10-24-16)7-26-8-17(21)20-6-11-1-2-14-15(4-11)23-9-22-14/h1-5H,6-10H2,(H,20,21). The van der Waals surface area contributed by atoms with Crippen LogP contribution in [-0.2, 0) is 17.1 Å². The number of amides is 1. The summed E-state index contributed by atoms with van der Waals surface area (Å²) in [5, 5.41) is 3.43. The first-order chi connectivity index (χ1) is 12.7. The molecule has 0 aliphatic carbocycles. The Hall–Kier alpha value is -2.25. The van der Waals surface area contributed by atoms with Gasteiger partial charge >= 0.3 is 0 Å². The van der Waals surface area contributed by atoms with E-state index < -0.39 is 0 Å². The molecular formula is C18H16ClNO5S. The number of benzene rings is 2. The lowest BCUT2D eigenvalue weighted by molar-refractivity contribution is -0.118. The zero-order valence-electron chi connectivity index (χ0n) is 13.7. The summed E-state index contributed by atoms with van der Waals surface area (Å²) in [5.41, 5.74) is 1.96. The number of nitrogens with one attached hydrogen (secondary N) is 1. The van der Waals surface area contributed by atoms with Gasteiger partial charge < -0.3 is 24.3 Å². The second-order valence-corrected chi connectivity index (χ2v) is 7.16. The molecule has 6 nitrogen and oxygen atoms in total. The highest BCUT2D eigenvalue weighted by Crippen LogP contribution is 2.40. The minimum absolute atomic E-state index is 0.0282. The first-order valence-corrected chi connectivity index (χ1v) is 9.53. The number of fused-ring (bicyclic) bond motifs is 2. The summed E-state index contributed by atoms with van der Waals surface area (Å²) in [6.07, 6.45) is 0. The van der Waals surface area contributed by atoms with Gasteiger partial charge in [-0.2, -0.15) is 0 Å². The van der Waals surface area contributed by atoms with Crippen LogP contribution in [0.15, 0.2) is 30.3 Å². The van der Waals surface area contributed by atoms with Crippen molar-refractivity contribution in [3.8, 4) is 23.0 Å². The number of hydrogen-bond donors (Lipinski definition) is 1. The highest BCUT2D eigenvalue weighted by atomic mass is 35.5. The van der Waals surface area contributed by atoms with E-state index in [0.717, 1.165) is 16.9 Å². The molecule has 0 fully saturated rings. The van der Waals surface area contributed by atoms with Gasteiger partial charge in [-0.1, -0.05) is 17.7 Å². The normalized spacial score (nSPS) is 13.7. The van der Waals surface area contributed by atoms with Gasteiger partial charge in [0.2, 0.25) is 19.5 Å². The average molecular weight is 394 g/mol. The fourth-order valence-corrected chi connectivity index (χ4v) is 3.75. The molecule has 1 N–H and O–H groups in total. The van der Waals surface area contributed by atoms with E-state index in [1.165, 1.54) is 11.8 Å². The molecule has 8 heteroatoms. The molecule has 1 amide bonds. The quantitative estimate of drug-likeness (QED) is 0.811. The lowest BCUT2D eigenvalue weighted by atomic mass is 10.2. The maximum atomic E-state index is 12.0. The van der Waals surface area contributed by atoms with Crippen LogP contribution in [0.1, 0.15) is 11.1 Å². The number of carbonyl (C=O) groups excluding carboxylic acids is 1. The van der Waals surface area contributed by atoms with Crippen LogP contribution < -0.4 is 24.3 Å². The van der Waals surface area contributed by atoms with Crippen molar-refractivity contribution in [2.75, 3.05) is 19.3 Å². The number of thioether (sulfide) groups is 1. The molecule has 2 aromatic carbocycles. The fraction of sp³-hybridized carbons (Fsp3) is 0.278. The Balaban J connectivity index is 1.24. The molecule has 2 aliphatic rings. The van der Waals surface area contributed by atoms with Gasteiger partial charge in [0.05, 0.1) is 10.8 Å². The zero-order chi connectivity index (χ0) is 17.9. The largest absolute Gasteiger partial charge is 0.454 e. The molecule has 0 atom stereocenters. The van der Waals surface area contributed by atoms with E-state index in [1.807, 2.05) is 30.3 Å². The van der Waals surface area contributed by atoms with Gasteiger partial charge in [-0.05, 0) is 35.4 Å². The molecule has 0 saturated heterocycles. The van der Waals surface area contributed by atoms with E-state index in [0.29, 0.717) is 40.3 Å². The number of rotatable bonds is 6. The molecule has 2 aromatic rings. The van der Waals surface area contributed by atoms with E-state index in [-0.39, 0.29) is 19.5 Å². The van der Waals surface area contributed by atoms with Crippen LogP contribution in [0.5, 0.6) is 23.0 Å². The molecule has 0 spiro atoms. The molecule has 0 saturated carbocycles. The van der Waals surface area contributed by atoms with Crippen LogP contribution in [0, 0.1) is 0 Å². The summed E-state index contributed by atoms with van der Waals surface area (Å²) in [7, 11) is 0. The predicted molar refractivity (Wildman–Crippen MR) is 98.1 cm³/mol. The van der Waals surface area contributed by atoms with Crippen LogP contribution >= 0.6 is 23.4 Å². The Morgan fingerprint density at radius 3 is 2.69 bits per heavy atom. The van der Waals surface area contributed by atoms with Crippen molar-refractivity contribution in [1.29, 1.82) is 0 Å². The molecule has 26 heavy (non-hydrogen) atoms. The Bertz CT molecular complexity index is 845. The van der Waals surface area contributed by atoms with Crippen molar-refractivity contribution >= 4 is 29.3 Å². The Labute approximate surface area is 159 Å². The summed E-state index contributed by atoms with van der Waals surface area (Å²) in [6.45, 7) is 0.880. The topological polar surface area (TPSA) is 66.0 Å². The summed E-state index contributed by atoms with van der Waals surface area (Å²) in [4.78, 5) is 12.0. The van der Waals surface area contributed by atoms with Gasteiger partial charge in [0.1, 0.15) is 0 Å². The van der Waals surface area contributed by atoms with E-state index in [1.54, 1.807) is 0 Å². The number of halogens is 1. The first kappa shape index (κ1) is 17.2. The molecule has 2 aliphatic heterocycles. The van der Waals surface area contributed by atoms with Gasteiger partial charge in [-0.25, -0.2) is 0 Å². The van der Waals surface area contributed by atoms with Crippen LogP contribution in [0.25, 0.3) is 0 Å². The Morgan fingerprint density at radius 1 is 1.00 bits per heavy atom. The van der Waals surface area contributed by atoms with Crippen molar-refractivity contribution in [1.82, 2.24) is 5.32 Å². The summed E-state index contributed by atoms with van der Waals surface area (Å²) >= 11 is 7.67. The summed E-state index contributed by atoms with van der Waals surface area (Å²) in [6, 6.07) is 9.38. The number of ether oxygens (including phenoxy) is 4. The fourth-order valence-electron chi connectivity index (χ4n) is 2.67. The monoisotopic (exact) mass is 393 g/mol. The third kappa shape index (κ3) is 3.78. The zero-order valence-corrected chi connectivity index (χ0v) is 15.3.